The summed E-state index contributed by atoms with van der Waals surface area (Å²) in [6.07, 6.45) is 1.72. The quantitative estimate of drug-likeness (QED) is 0.255. The number of aliphatic hydroxyl groups is 1. The fourth-order valence-electron chi connectivity index (χ4n) is 4.27. The molecular formula is C23H38FIN4O3. The van der Waals surface area contributed by atoms with Crippen molar-refractivity contribution in [3.05, 3.63) is 35.6 Å². The third kappa shape index (κ3) is 8.09. The second-order valence-corrected chi connectivity index (χ2v) is 8.83. The van der Waals surface area contributed by atoms with Gasteiger partial charge in [0, 0.05) is 51.4 Å². The normalized spacial score (nSPS) is 21.3. The highest BCUT2D eigenvalue weighted by Crippen LogP contribution is 2.34. The molecule has 0 amide bonds. The molecule has 1 atom stereocenters. The molecule has 0 spiro atoms. The van der Waals surface area contributed by atoms with Crippen molar-refractivity contribution in [2.45, 2.75) is 37.7 Å². The van der Waals surface area contributed by atoms with Crippen LogP contribution in [-0.4, -0.2) is 87.3 Å². The van der Waals surface area contributed by atoms with Crippen LogP contribution in [-0.2, 0) is 14.9 Å². The number of nitrogens with zero attached hydrogens (tertiary/aromatic N) is 2. The van der Waals surface area contributed by atoms with E-state index in [-0.39, 0.29) is 35.2 Å². The Morgan fingerprint density at radius 2 is 1.75 bits per heavy atom. The van der Waals surface area contributed by atoms with Crippen molar-refractivity contribution in [2.24, 2.45) is 4.99 Å². The number of nitrogens with one attached hydrogen (secondary N) is 2. The molecule has 7 nitrogen and oxygen atoms in total. The molecule has 32 heavy (non-hydrogen) atoms. The zero-order valence-electron chi connectivity index (χ0n) is 19.2. The van der Waals surface area contributed by atoms with Crippen LogP contribution >= 0.6 is 24.0 Å². The molecule has 0 aliphatic carbocycles. The zero-order valence-corrected chi connectivity index (χ0v) is 21.6. The molecule has 0 bridgehead atoms. The van der Waals surface area contributed by atoms with Gasteiger partial charge in [0.05, 0.1) is 25.4 Å². The van der Waals surface area contributed by atoms with Crippen LogP contribution in [0.3, 0.4) is 0 Å². The maximum atomic E-state index is 13.5. The Labute approximate surface area is 208 Å². The van der Waals surface area contributed by atoms with E-state index in [1.54, 1.807) is 0 Å². The third-order valence-electron chi connectivity index (χ3n) is 6.09. The average Bonchev–Trinajstić information content (AvgIpc) is 2.77. The molecule has 0 saturated carbocycles. The largest absolute Gasteiger partial charge is 0.387 e. The third-order valence-corrected chi connectivity index (χ3v) is 6.09. The van der Waals surface area contributed by atoms with Gasteiger partial charge in [0.15, 0.2) is 5.96 Å². The minimum Gasteiger partial charge on any atom is -0.387 e. The van der Waals surface area contributed by atoms with E-state index in [0.717, 1.165) is 38.0 Å². The molecule has 2 heterocycles. The lowest BCUT2D eigenvalue weighted by Crippen LogP contribution is -2.50. The van der Waals surface area contributed by atoms with Crippen molar-refractivity contribution < 1.29 is 19.0 Å². The fourth-order valence-corrected chi connectivity index (χ4v) is 4.27. The number of aliphatic imine (C=N–C) groups is 1. The van der Waals surface area contributed by atoms with Crippen LogP contribution in [0, 0.1) is 5.82 Å². The predicted octanol–water partition coefficient (Wildman–Crippen LogP) is 2.13. The Bertz CT molecular complexity index is 706. The summed E-state index contributed by atoms with van der Waals surface area (Å²) in [6.45, 7) is 10.5. The number of rotatable bonds is 8. The highest BCUT2D eigenvalue weighted by atomic mass is 127. The monoisotopic (exact) mass is 564 g/mol. The summed E-state index contributed by atoms with van der Waals surface area (Å²) in [7, 11) is 0. The predicted molar refractivity (Wildman–Crippen MR) is 135 cm³/mol. The van der Waals surface area contributed by atoms with Crippen LogP contribution in [0.1, 0.15) is 32.3 Å². The second-order valence-electron chi connectivity index (χ2n) is 8.83. The molecule has 2 aliphatic rings. The Balaban J connectivity index is 0.00000363. The topological polar surface area (TPSA) is 78.4 Å². The van der Waals surface area contributed by atoms with Gasteiger partial charge in [-0.2, -0.15) is 0 Å². The summed E-state index contributed by atoms with van der Waals surface area (Å²) in [5.74, 6) is 0.453. The van der Waals surface area contributed by atoms with Crippen LogP contribution in [0.25, 0.3) is 0 Å². The summed E-state index contributed by atoms with van der Waals surface area (Å²) in [5.41, 5.74) is 0.0470. The van der Waals surface area contributed by atoms with E-state index in [4.69, 9.17) is 9.47 Å². The van der Waals surface area contributed by atoms with Gasteiger partial charge in [-0.15, -0.1) is 24.0 Å². The average molecular weight is 564 g/mol. The number of β-amino-alcohol motifs (C(OH)–C–C–N with tert-alkyl or cyclic N) is 1. The molecular weight excluding hydrogens is 526 g/mol. The van der Waals surface area contributed by atoms with Crippen molar-refractivity contribution in [3.8, 4) is 0 Å². The van der Waals surface area contributed by atoms with E-state index in [0.29, 0.717) is 52.0 Å². The maximum absolute atomic E-state index is 13.5. The van der Waals surface area contributed by atoms with Crippen molar-refractivity contribution in [2.75, 3.05) is 65.7 Å². The van der Waals surface area contributed by atoms with Gasteiger partial charge in [-0.1, -0.05) is 12.1 Å². The molecule has 182 valence electrons. The van der Waals surface area contributed by atoms with E-state index in [9.17, 15) is 9.50 Å². The van der Waals surface area contributed by atoms with Gasteiger partial charge in [-0.3, -0.25) is 9.89 Å². The van der Waals surface area contributed by atoms with Crippen molar-refractivity contribution in [1.82, 2.24) is 15.5 Å². The first kappa shape index (κ1) is 27.2. The summed E-state index contributed by atoms with van der Waals surface area (Å²) in [4.78, 5) is 6.88. The molecule has 3 N–H and O–H groups in total. The summed E-state index contributed by atoms with van der Waals surface area (Å²) in [6, 6.07) is 6.79. The van der Waals surface area contributed by atoms with Gasteiger partial charge in [-0.05, 0) is 44.4 Å². The molecule has 1 aromatic rings. The number of halogens is 2. The van der Waals surface area contributed by atoms with Gasteiger partial charge < -0.3 is 25.2 Å². The Morgan fingerprint density at radius 3 is 2.38 bits per heavy atom. The Kier molecular flexibility index (Phi) is 11.1. The summed E-state index contributed by atoms with van der Waals surface area (Å²) >= 11 is 0. The first-order chi connectivity index (χ1) is 14.9. The minimum atomic E-state index is -0.924. The van der Waals surface area contributed by atoms with Gasteiger partial charge in [0.1, 0.15) is 5.82 Å². The van der Waals surface area contributed by atoms with Gasteiger partial charge in [0.25, 0.3) is 0 Å². The molecule has 3 rings (SSSR count). The smallest absolute Gasteiger partial charge is 0.191 e. The van der Waals surface area contributed by atoms with E-state index in [2.05, 4.69) is 20.5 Å². The van der Waals surface area contributed by atoms with E-state index in [1.165, 1.54) is 12.1 Å². The molecule has 2 aliphatic heterocycles. The number of ether oxygens (including phenoxy) is 2. The molecule has 2 saturated heterocycles. The summed E-state index contributed by atoms with van der Waals surface area (Å²) in [5, 5.41) is 17.6. The van der Waals surface area contributed by atoms with E-state index in [1.807, 2.05) is 26.0 Å². The van der Waals surface area contributed by atoms with Gasteiger partial charge >= 0.3 is 0 Å². The molecule has 1 aromatic carbocycles. The number of hydrogen-bond acceptors (Lipinski definition) is 5. The van der Waals surface area contributed by atoms with Crippen LogP contribution in [0.5, 0.6) is 0 Å². The Morgan fingerprint density at radius 1 is 1.12 bits per heavy atom. The van der Waals surface area contributed by atoms with Crippen molar-refractivity contribution in [1.29, 1.82) is 0 Å². The van der Waals surface area contributed by atoms with Crippen LogP contribution in [0.4, 0.5) is 4.39 Å². The van der Waals surface area contributed by atoms with E-state index >= 15 is 0 Å². The number of morpholine rings is 1. The summed E-state index contributed by atoms with van der Waals surface area (Å²) < 4.78 is 24.4. The minimum absolute atomic E-state index is 0. The van der Waals surface area contributed by atoms with Crippen molar-refractivity contribution in [3.63, 3.8) is 0 Å². The van der Waals surface area contributed by atoms with Crippen LogP contribution in [0.2, 0.25) is 0 Å². The standard InChI is InChI=1S/C23H37FN4O3.HI/c1-3-25-21(26-16-22(2,29)18-28-10-14-31-15-11-28)27-17-23(8-12-30-13-9-23)19-4-6-20(24)7-5-19;/h4-7,29H,3,8-18H2,1-2H3,(H2,25,26,27);1H. The number of guanidine groups is 1. The van der Waals surface area contributed by atoms with E-state index < -0.39 is 5.60 Å². The number of benzene rings is 1. The molecule has 1 unspecified atom stereocenters. The highest BCUT2D eigenvalue weighted by molar-refractivity contribution is 14.0. The molecule has 9 heteroatoms. The SMILES string of the molecule is CCNC(=NCC(C)(O)CN1CCOCC1)NCC1(c2ccc(F)cc2)CCOCC1.I. The zero-order chi connectivity index (χ0) is 22.2. The Hall–Kier alpha value is -1.01. The lowest BCUT2D eigenvalue weighted by atomic mass is 9.74. The molecule has 2 fully saturated rings. The lowest BCUT2D eigenvalue weighted by molar-refractivity contribution is -0.0180. The lowest BCUT2D eigenvalue weighted by Gasteiger charge is -2.38. The van der Waals surface area contributed by atoms with Crippen LogP contribution in [0.15, 0.2) is 29.3 Å². The van der Waals surface area contributed by atoms with Crippen LogP contribution < -0.4 is 10.6 Å². The number of hydrogen-bond donors (Lipinski definition) is 3. The fraction of sp³-hybridized carbons (Fsp3) is 0.696. The molecule has 0 aromatic heterocycles. The van der Waals surface area contributed by atoms with Crippen molar-refractivity contribution >= 4 is 29.9 Å². The highest BCUT2D eigenvalue weighted by Gasteiger charge is 2.35. The maximum Gasteiger partial charge on any atom is 0.191 e. The first-order valence-electron chi connectivity index (χ1n) is 11.3. The molecule has 0 radical (unpaired) electrons. The second kappa shape index (κ2) is 13.0. The van der Waals surface area contributed by atoms with Gasteiger partial charge in [0.2, 0.25) is 0 Å². The first-order valence-corrected chi connectivity index (χ1v) is 11.3. The van der Waals surface area contributed by atoms with Gasteiger partial charge in [-0.25, -0.2) is 4.39 Å².